The first-order valence-electron chi connectivity index (χ1n) is 6.99. The average molecular weight is 316 g/mol. The zero-order chi connectivity index (χ0) is 15.8. The highest BCUT2D eigenvalue weighted by Gasteiger charge is 1.99. The van der Waals surface area contributed by atoms with E-state index in [1.54, 1.807) is 14.2 Å². The van der Waals surface area contributed by atoms with E-state index in [0.717, 1.165) is 22.6 Å². The van der Waals surface area contributed by atoms with Crippen LogP contribution in [0.1, 0.15) is 11.1 Å². The van der Waals surface area contributed by atoms with Gasteiger partial charge in [0.2, 0.25) is 0 Å². The number of hydrogen-bond acceptors (Lipinski definition) is 3. The first-order valence-corrected chi connectivity index (χ1v) is 7.39. The van der Waals surface area contributed by atoms with Crippen LogP contribution in [-0.2, 0) is 13.1 Å². The monoisotopic (exact) mass is 316 g/mol. The molecule has 0 spiro atoms. The minimum Gasteiger partial charge on any atom is -0.497 e. The molecule has 2 aromatic carbocycles. The van der Waals surface area contributed by atoms with Crippen molar-refractivity contribution in [3.05, 3.63) is 59.7 Å². The highest BCUT2D eigenvalue weighted by molar-refractivity contribution is 7.80. The number of hydrogen-bond donors (Lipinski definition) is 2. The summed E-state index contributed by atoms with van der Waals surface area (Å²) in [6.45, 7) is 1.33. The van der Waals surface area contributed by atoms with E-state index in [9.17, 15) is 0 Å². The van der Waals surface area contributed by atoms with Gasteiger partial charge in [-0.2, -0.15) is 0 Å². The summed E-state index contributed by atoms with van der Waals surface area (Å²) >= 11 is 5.28. The largest absolute Gasteiger partial charge is 0.497 e. The Labute approximate surface area is 136 Å². The Hall–Kier alpha value is -2.27. The highest BCUT2D eigenvalue weighted by Crippen LogP contribution is 2.12. The van der Waals surface area contributed by atoms with Gasteiger partial charge >= 0.3 is 0 Å². The van der Waals surface area contributed by atoms with Gasteiger partial charge in [0.1, 0.15) is 11.5 Å². The van der Waals surface area contributed by atoms with E-state index in [-0.39, 0.29) is 0 Å². The zero-order valence-electron chi connectivity index (χ0n) is 12.8. The van der Waals surface area contributed by atoms with Crippen molar-refractivity contribution in [2.75, 3.05) is 14.2 Å². The summed E-state index contributed by atoms with van der Waals surface area (Å²) in [6, 6.07) is 15.8. The summed E-state index contributed by atoms with van der Waals surface area (Å²) in [7, 11) is 3.32. The minimum atomic E-state index is 0.624. The lowest BCUT2D eigenvalue weighted by molar-refractivity contribution is 0.414. The van der Waals surface area contributed by atoms with Crippen LogP contribution in [0.4, 0.5) is 0 Å². The Morgan fingerprint density at radius 3 is 2.14 bits per heavy atom. The topological polar surface area (TPSA) is 42.5 Å². The molecule has 116 valence electrons. The minimum absolute atomic E-state index is 0.624. The molecule has 0 aliphatic carbocycles. The second-order valence-corrected chi connectivity index (χ2v) is 5.14. The molecule has 0 aliphatic rings. The molecule has 0 bridgehead atoms. The van der Waals surface area contributed by atoms with Crippen molar-refractivity contribution in [2.24, 2.45) is 0 Å². The van der Waals surface area contributed by atoms with Crippen LogP contribution in [0.25, 0.3) is 0 Å². The Kier molecular flexibility index (Phi) is 6.03. The van der Waals surface area contributed by atoms with Gasteiger partial charge in [-0.1, -0.05) is 24.3 Å². The van der Waals surface area contributed by atoms with Crippen molar-refractivity contribution in [1.82, 2.24) is 10.6 Å². The Morgan fingerprint density at radius 2 is 1.50 bits per heavy atom. The molecule has 0 unspecified atom stereocenters. The second-order valence-electron chi connectivity index (χ2n) is 4.74. The number of rotatable bonds is 6. The number of thiocarbonyl (C=S) groups is 1. The zero-order valence-corrected chi connectivity index (χ0v) is 13.6. The van der Waals surface area contributed by atoms with Crippen LogP contribution >= 0.6 is 12.2 Å². The summed E-state index contributed by atoms with van der Waals surface area (Å²) in [6.07, 6.45) is 0. The maximum atomic E-state index is 5.28. The second kappa shape index (κ2) is 8.24. The van der Waals surface area contributed by atoms with Gasteiger partial charge in [-0.15, -0.1) is 0 Å². The van der Waals surface area contributed by atoms with Crippen molar-refractivity contribution in [1.29, 1.82) is 0 Å². The van der Waals surface area contributed by atoms with Gasteiger partial charge in [0.25, 0.3) is 0 Å². The van der Waals surface area contributed by atoms with E-state index < -0.39 is 0 Å². The number of nitrogens with one attached hydrogen (secondary N) is 2. The van der Waals surface area contributed by atoms with Crippen LogP contribution < -0.4 is 20.1 Å². The van der Waals surface area contributed by atoms with Crippen molar-refractivity contribution in [3.63, 3.8) is 0 Å². The Morgan fingerprint density at radius 1 is 0.864 bits per heavy atom. The van der Waals surface area contributed by atoms with Crippen LogP contribution in [0, 0.1) is 0 Å². The number of ether oxygens (including phenoxy) is 2. The van der Waals surface area contributed by atoms with Crippen molar-refractivity contribution >= 4 is 17.3 Å². The van der Waals surface area contributed by atoms with Crippen LogP contribution in [-0.4, -0.2) is 19.3 Å². The lowest BCUT2D eigenvalue weighted by Gasteiger charge is -2.11. The van der Waals surface area contributed by atoms with Crippen LogP contribution in [0.15, 0.2) is 48.5 Å². The fourth-order valence-electron chi connectivity index (χ4n) is 1.95. The third-order valence-electron chi connectivity index (χ3n) is 3.20. The molecule has 0 aliphatic heterocycles. The predicted octanol–water partition coefficient (Wildman–Crippen LogP) is 2.87. The van der Waals surface area contributed by atoms with Crippen molar-refractivity contribution in [3.8, 4) is 11.5 Å². The summed E-state index contributed by atoms with van der Waals surface area (Å²) in [5, 5.41) is 6.99. The molecular weight excluding hydrogens is 296 g/mol. The third kappa shape index (κ3) is 4.93. The van der Waals surface area contributed by atoms with E-state index in [4.69, 9.17) is 21.7 Å². The molecule has 0 fully saturated rings. The molecule has 2 aromatic rings. The van der Waals surface area contributed by atoms with Gasteiger partial charge in [0, 0.05) is 13.1 Å². The van der Waals surface area contributed by atoms with Crippen molar-refractivity contribution in [2.45, 2.75) is 13.1 Å². The van der Waals surface area contributed by atoms with Crippen LogP contribution in [0.3, 0.4) is 0 Å². The SMILES string of the molecule is COc1ccc(CNC(=S)NCc2cccc(OC)c2)cc1. The fraction of sp³-hybridized carbons (Fsp3) is 0.235. The van der Waals surface area contributed by atoms with Gasteiger partial charge in [-0.05, 0) is 47.6 Å². The van der Waals surface area contributed by atoms with E-state index in [1.807, 2.05) is 48.5 Å². The summed E-state index contributed by atoms with van der Waals surface area (Å²) in [4.78, 5) is 0. The smallest absolute Gasteiger partial charge is 0.166 e. The van der Waals surface area contributed by atoms with Crippen LogP contribution in [0.2, 0.25) is 0 Å². The van der Waals surface area contributed by atoms with Gasteiger partial charge in [0.05, 0.1) is 14.2 Å². The maximum Gasteiger partial charge on any atom is 0.166 e. The highest BCUT2D eigenvalue weighted by atomic mass is 32.1. The molecule has 4 nitrogen and oxygen atoms in total. The third-order valence-corrected chi connectivity index (χ3v) is 3.49. The Balaban J connectivity index is 1.77. The molecule has 0 radical (unpaired) electrons. The summed E-state index contributed by atoms with van der Waals surface area (Å²) in [5.41, 5.74) is 2.26. The van der Waals surface area contributed by atoms with Gasteiger partial charge < -0.3 is 20.1 Å². The Bertz CT molecular complexity index is 614. The molecular formula is C17H20N2O2S. The predicted molar refractivity (Wildman–Crippen MR) is 92.3 cm³/mol. The summed E-state index contributed by atoms with van der Waals surface area (Å²) in [5.74, 6) is 1.69. The average Bonchev–Trinajstić information content (AvgIpc) is 2.58. The molecule has 0 heterocycles. The van der Waals surface area contributed by atoms with Crippen molar-refractivity contribution < 1.29 is 9.47 Å². The maximum absolute atomic E-state index is 5.28. The van der Waals surface area contributed by atoms with E-state index in [0.29, 0.717) is 18.2 Å². The normalized spacial score (nSPS) is 9.91. The van der Waals surface area contributed by atoms with Crippen LogP contribution in [0.5, 0.6) is 11.5 Å². The molecule has 0 saturated carbocycles. The first kappa shape index (κ1) is 16.1. The number of benzene rings is 2. The molecule has 0 aromatic heterocycles. The standard InChI is InChI=1S/C17H20N2O2S/c1-20-15-8-6-13(7-9-15)11-18-17(22)19-12-14-4-3-5-16(10-14)21-2/h3-10H,11-12H2,1-2H3,(H2,18,19,22). The van der Waals surface area contributed by atoms with E-state index >= 15 is 0 Å². The fourth-order valence-corrected chi connectivity index (χ4v) is 2.10. The van der Waals surface area contributed by atoms with E-state index in [2.05, 4.69) is 10.6 Å². The van der Waals surface area contributed by atoms with Gasteiger partial charge in [0.15, 0.2) is 5.11 Å². The lowest BCUT2D eigenvalue weighted by atomic mass is 10.2. The molecule has 0 saturated heterocycles. The molecule has 2 N–H and O–H groups in total. The first-order chi connectivity index (χ1) is 10.7. The molecule has 5 heteroatoms. The summed E-state index contributed by atoms with van der Waals surface area (Å²) < 4.78 is 10.3. The number of methoxy groups -OCH3 is 2. The molecule has 0 amide bonds. The quantitative estimate of drug-likeness (QED) is 0.802. The van der Waals surface area contributed by atoms with Gasteiger partial charge in [-0.25, -0.2) is 0 Å². The van der Waals surface area contributed by atoms with Gasteiger partial charge in [-0.3, -0.25) is 0 Å². The lowest BCUT2D eigenvalue weighted by Crippen LogP contribution is -2.34. The van der Waals surface area contributed by atoms with E-state index in [1.165, 1.54) is 0 Å². The molecule has 2 rings (SSSR count). The molecule has 22 heavy (non-hydrogen) atoms. The molecule has 0 atom stereocenters.